The normalized spacial score (nSPS) is 21.9. The summed E-state index contributed by atoms with van der Waals surface area (Å²) >= 11 is 0. The summed E-state index contributed by atoms with van der Waals surface area (Å²) < 4.78 is 0. The minimum absolute atomic E-state index is 0.00260. The van der Waals surface area contributed by atoms with Gasteiger partial charge < -0.3 is 21.1 Å². The predicted octanol–water partition coefficient (Wildman–Crippen LogP) is 2.81. The minimum Gasteiger partial charge on any atom is -0.480 e. The van der Waals surface area contributed by atoms with Gasteiger partial charge in [0, 0.05) is 35.4 Å². The highest BCUT2D eigenvalue weighted by atomic mass is 16.4. The number of carbonyl (C=O) groups is 2. The van der Waals surface area contributed by atoms with E-state index in [0.29, 0.717) is 30.0 Å². The van der Waals surface area contributed by atoms with Gasteiger partial charge in [-0.3, -0.25) is 20.0 Å². The van der Waals surface area contributed by atoms with Crippen LogP contribution in [0.15, 0.2) is 72.2 Å². The number of fused-ring (bicyclic) bond motifs is 1. The molecule has 37 heavy (non-hydrogen) atoms. The standard InChI is InChI=1S/C27H33N7O3/c1-4-27-13-12-21(33(17-35)23-7-5-6-14-30-23)15-22(27)34(18(2)26(36)37)24(32(27)3)16-31-20-10-8-19(9-11-20)25(28)29/h5-12,14-15,17-18,24,31H,4,13,16H2,1-3H3,(H3,28,29)(H,36,37)/t18-,24-,27+/m1/s1. The number of nitrogens with one attached hydrogen (secondary N) is 2. The number of pyridine rings is 1. The van der Waals surface area contributed by atoms with E-state index in [-0.39, 0.29) is 12.0 Å². The van der Waals surface area contributed by atoms with Crippen molar-refractivity contribution in [3.8, 4) is 0 Å². The fourth-order valence-corrected chi connectivity index (χ4v) is 5.27. The van der Waals surface area contributed by atoms with Crippen LogP contribution in [0.5, 0.6) is 0 Å². The number of amidine groups is 1. The van der Waals surface area contributed by atoms with Gasteiger partial charge in [0.2, 0.25) is 6.41 Å². The van der Waals surface area contributed by atoms with Gasteiger partial charge in [-0.05, 0) is 69.3 Å². The smallest absolute Gasteiger partial charge is 0.326 e. The number of carboxylic acid groups (broad SMARTS) is 1. The Balaban J connectivity index is 1.69. The van der Waals surface area contributed by atoms with Crippen molar-refractivity contribution in [3.05, 3.63) is 77.8 Å². The first kappa shape index (κ1) is 25.9. The summed E-state index contributed by atoms with van der Waals surface area (Å²) in [7, 11) is 2.02. The van der Waals surface area contributed by atoms with Gasteiger partial charge in [-0.1, -0.05) is 19.1 Å². The van der Waals surface area contributed by atoms with Gasteiger partial charge in [0.1, 0.15) is 23.9 Å². The Morgan fingerprint density at radius 3 is 2.65 bits per heavy atom. The summed E-state index contributed by atoms with van der Waals surface area (Å²) in [5, 5.41) is 21.0. The van der Waals surface area contributed by atoms with Crippen molar-refractivity contribution in [3.63, 3.8) is 0 Å². The van der Waals surface area contributed by atoms with Crippen molar-refractivity contribution in [1.82, 2.24) is 14.8 Å². The molecule has 1 aliphatic carbocycles. The number of carbonyl (C=O) groups excluding carboxylic acids is 1. The third-order valence-electron chi connectivity index (χ3n) is 7.46. The van der Waals surface area contributed by atoms with E-state index in [2.05, 4.69) is 22.1 Å². The van der Waals surface area contributed by atoms with Gasteiger partial charge in [0.15, 0.2) is 0 Å². The molecule has 1 fully saturated rings. The van der Waals surface area contributed by atoms with Crippen LogP contribution in [0.4, 0.5) is 11.5 Å². The Morgan fingerprint density at radius 1 is 1.35 bits per heavy atom. The molecule has 1 aromatic heterocycles. The van der Waals surface area contributed by atoms with Gasteiger partial charge in [-0.15, -0.1) is 0 Å². The maximum atomic E-state index is 12.2. The van der Waals surface area contributed by atoms with Crippen molar-refractivity contribution < 1.29 is 14.7 Å². The molecule has 0 saturated carbocycles. The second-order valence-corrected chi connectivity index (χ2v) is 9.30. The number of aliphatic carboxylic acids is 1. The topological polar surface area (TPSA) is 139 Å². The van der Waals surface area contributed by atoms with Gasteiger partial charge >= 0.3 is 5.97 Å². The number of carboxylic acids is 1. The van der Waals surface area contributed by atoms with E-state index < -0.39 is 17.6 Å². The van der Waals surface area contributed by atoms with Gasteiger partial charge in [-0.2, -0.15) is 0 Å². The fraction of sp³-hybridized carbons (Fsp3) is 0.333. The average molecular weight is 504 g/mol. The lowest BCUT2D eigenvalue weighted by atomic mass is 9.83. The fourth-order valence-electron chi connectivity index (χ4n) is 5.27. The molecule has 2 aliphatic rings. The van der Waals surface area contributed by atoms with Gasteiger partial charge in [0.25, 0.3) is 0 Å². The molecule has 1 aromatic carbocycles. The zero-order chi connectivity index (χ0) is 26.7. The molecular formula is C27H33N7O3. The van der Waals surface area contributed by atoms with Gasteiger partial charge in [0.05, 0.1) is 5.54 Å². The van der Waals surface area contributed by atoms with E-state index in [0.717, 1.165) is 24.2 Å². The largest absolute Gasteiger partial charge is 0.480 e. The number of nitrogens with two attached hydrogens (primary N) is 1. The zero-order valence-electron chi connectivity index (χ0n) is 21.3. The average Bonchev–Trinajstić information content (AvgIpc) is 3.15. The molecule has 3 atom stereocenters. The predicted molar refractivity (Wildman–Crippen MR) is 143 cm³/mol. The zero-order valence-corrected chi connectivity index (χ0v) is 21.3. The van der Waals surface area contributed by atoms with E-state index in [9.17, 15) is 14.7 Å². The van der Waals surface area contributed by atoms with E-state index >= 15 is 0 Å². The number of rotatable bonds is 10. The van der Waals surface area contributed by atoms with Crippen LogP contribution in [0.25, 0.3) is 0 Å². The van der Waals surface area contributed by atoms with Crippen molar-refractivity contribution in [2.75, 3.05) is 23.8 Å². The number of nitrogen functional groups attached to an aromatic ring is 1. The molecule has 4 rings (SSSR count). The van der Waals surface area contributed by atoms with Crippen LogP contribution in [-0.4, -0.2) is 69.4 Å². The number of likely N-dealkylation sites (N-methyl/N-ethyl adjacent to an activating group) is 1. The number of benzene rings is 1. The van der Waals surface area contributed by atoms with Crippen LogP contribution in [-0.2, 0) is 9.59 Å². The van der Waals surface area contributed by atoms with Crippen molar-refractivity contribution >= 4 is 29.7 Å². The lowest BCUT2D eigenvalue weighted by Crippen LogP contribution is -2.50. The van der Waals surface area contributed by atoms with Gasteiger partial charge in [-0.25, -0.2) is 9.78 Å². The molecule has 10 heteroatoms. The molecule has 10 nitrogen and oxygen atoms in total. The Kier molecular flexibility index (Phi) is 7.30. The Labute approximate surface area is 216 Å². The first-order chi connectivity index (χ1) is 17.7. The van der Waals surface area contributed by atoms with Crippen molar-refractivity contribution in [2.24, 2.45) is 5.73 Å². The third-order valence-corrected chi connectivity index (χ3v) is 7.46. The maximum absolute atomic E-state index is 12.2. The summed E-state index contributed by atoms with van der Waals surface area (Å²) in [6, 6.07) is 11.8. The van der Waals surface area contributed by atoms with Crippen molar-refractivity contribution in [1.29, 1.82) is 5.41 Å². The molecule has 2 aromatic rings. The minimum atomic E-state index is -0.926. The Morgan fingerprint density at radius 2 is 2.08 bits per heavy atom. The first-order valence-corrected chi connectivity index (χ1v) is 12.2. The van der Waals surface area contributed by atoms with Crippen molar-refractivity contribution in [2.45, 2.75) is 44.4 Å². The molecule has 194 valence electrons. The summed E-state index contributed by atoms with van der Waals surface area (Å²) in [6.45, 7) is 4.24. The molecule has 1 saturated heterocycles. The SMILES string of the molecule is CC[C@]12CC=C(N(C=O)c3ccccn3)C=C1N([C@H](C)C(=O)O)[C@H](CNc1ccc(C(=N)N)cc1)N2C. The van der Waals surface area contributed by atoms with Crippen LogP contribution in [0.1, 0.15) is 32.3 Å². The summed E-state index contributed by atoms with van der Waals surface area (Å²) in [4.78, 5) is 34.3. The lowest BCUT2D eigenvalue weighted by molar-refractivity contribution is -0.142. The highest BCUT2D eigenvalue weighted by molar-refractivity contribution is 5.95. The highest BCUT2D eigenvalue weighted by Gasteiger charge is 2.54. The van der Waals surface area contributed by atoms with Crippen LogP contribution in [0.2, 0.25) is 0 Å². The number of amides is 1. The third kappa shape index (κ3) is 4.67. The molecule has 5 N–H and O–H groups in total. The van der Waals surface area contributed by atoms with E-state index in [1.54, 1.807) is 37.4 Å². The molecule has 2 heterocycles. The van der Waals surface area contributed by atoms with Crippen LogP contribution < -0.4 is 16.0 Å². The summed E-state index contributed by atoms with van der Waals surface area (Å²) in [5.41, 5.74) is 8.16. The number of allylic oxidation sites excluding steroid dienone is 1. The Bertz CT molecular complexity index is 1230. The number of nitrogens with zero attached hydrogens (tertiary/aromatic N) is 4. The molecule has 1 amide bonds. The highest BCUT2D eigenvalue weighted by Crippen LogP contribution is 2.47. The number of aromatic nitrogens is 1. The first-order valence-electron chi connectivity index (χ1n) is 12.2. The maximum Gasteiger partial charge on any atom is 0.326 e. The van der Waals surface area contributed by atoms with Crippen LogP contribution in [0.3, 0.4) is 0 Å². The van der Waals surface area contributed by atoms with E-state index in [4.69, 9.17) is 11.1 Å². The molecule has 0 spiro atoms. The van der Waals surface area contributed by atoms with E-state index in [1.807, 2.05) is 42.3 Å². The molecule has 0 radical (unpaired) electrons. The quantitative estimate of drug-likeness (QED) is 0.221. The molecule has 0 unspecified atom stereocenters. The van der Waals surface area contributed by atoms with Crippen LogP contribution in [0, 0.1) is 5.41 Å². The Hall–Kier alpha value is -4.18. The second-order valence-electron chi connectivity index (χ2n) is 9.30. The molecular weight excluding hydrogens is 470 g/mol. The number of hydrogen-bond donors (Lipinski definition) is 4. The number of anilines is 2. The monoisotopic (exact) mass is 503 g/mol. The van der Waals surface area contributed by atoms with Crippen LogP contribution >= 0.6 is 0 Å². The summed E-state index contributed by atoms with van der Waals surface area (Å²) in [5.74, 6) is -0.422. The lowest BCUT2D eigenvalue weighted by Gasteiger charge is -2.39. The summed E-state index contributed by atoms with van der Waals surface area (Å²) in [6.07, 6.45) is 7.42. The second kappa shape index (κ2) is 10.4. The molecule has 1 aliphatic heterocycles. The molecule has 0 bridgehead atoms. The van der Waals surface area contributed by atoms with E-state index in [1.165, 1.54) is 4.90 Å². The number of hydrogen-bond acceptors (Lipinski definition) is 7.